The Morgan fingerprint density at radius 2 is 2.18 bits per heavy atom. The van der Waals surface area contributed by atoms with Gasteiger partial charge in [-0.25, -0.2) is 4.98 Å². The van der Waals surface area contributed by atoms with Gasteiger partial charge in [-0.15, -0.1) is 11.3 Å². The summed E-state index contributed by atoms with van der Waals surface area (Å²) in [6.07, 6.45) is 0. The highest BCUT2D eigenvalue weighted by Crippen LogP contribution is 2.36. The Morgan fingerprint density at radius 1 is 1.41 bits per heavy atom. The van der Waals surface area contributed by atoms with Crippen LogP contribution in [0.2, 0.25) is 0 Å². The van der Waals surface area contributed by atoms with E-state index in [1.165, 1.54) is 16.9 Å². The van der Waals surface area contributed by atoms with E-state index in [1.54, 1.807) is 0 Å². The first-order valence-electron chi connectivity index (χ1n) is 7.32. The molecule has 1 fully saturated rings. The number of thiazole rings is 1. The molecule has 0 radical (unpaired) electrons. The predicted octanol–water partition coefficient (Wildman–Crippen LogP) is 2.92. The zero-order valence-corrected chi connectivity index (χ0v) is 14.1. The maximum Gasteiger partial charge on any atom is 0.273 e. The van der Waals surface area contributed by atoms with Crippen LogP contribution in [-0.4, -0.2) is 33.3 Å². The molecule has 0 aliphatic carbocycles. The van der Waals surface area contributed by atoms with Gasteiger partial charge in [0.15, 0.2) is 0 Å². The van der Waals surface area contributed by atoms with Gasteiger partial charge in [-0.1, -0.05) is 37.3 Å². The lowest BCUT2D eigenvalue weighted by Crippen LogP contribution is -2.44. The van der Waals surface area contributed by atoms with E-state index in [2.05, 4.69) is 24.0 Å². The second-order valence-corrected chi connectivity index (χ2v) is 7.69. The summed E-state index contributed by atoms with van der Waals surface area (Å²) < 4.78 is 0. The van der Waals surface area contributed by atoms with Crippen LogP contribution < -0.4 is 5.73 Å². The fourth-order valence-corrected chi connectivity index (χ4v) is 4.61. The van der Waals surface area contributed by atoms with Gasteiger partial charge in [-0.3, -0.25) is 4.79 Å². The first kappa shape index (κ1) is 15.5. The smallest absolute Gasteiger partial charge is 0.273 e. The van der Waals surface area contributed by atoms with Crippen LogP contribution >= 0.6 is 23.1 Å². The van der Waals surface area contributed by atoms with Gasteiger partial charge in [0, 0.05) is 29.5 Å². The summed E-state index contributed by atoms with van der Waals surface area (Å²) in [5.41, 5.74) is 7.31. The van der Waals surface area contributed by atoms with Crippen LogP contribution in [0.25, 0.3) is 0 Å². The zero-order valence-electron chi connectivity index (χ0n) is 12.4. The Bertz CT molecular complexity index is 644. The Kier molecular flexibility index (Phi) is 4.81. The van der Waals surface area contributed by atoms with Crippen molar-refractivity contribution in [3.8, 4) is 0 Å². The lowest BCUT2D eigenvalue weighted by Gasteiger charge is -2.39. The largest absolute Gasteiger partial charge is 0.328 e. The van der Waals surface area contributed by atoms with Gasteiger partial charge in [0.05, 0.1) is 6.04 Å². The van der Waals surface area contributed by atoms with Gasteiger partial charge < -0.3 is 10.6 Å². The number of carbonyl (C=O) groups excluding carboxylic acids is 1. The van der Waals surface area contributed by atoms with E-state index in [9.17, 15) is 4.79 Å². The summed E-state index contributed by atoms with van der Waals surface area (Å²) >= 11 is 3.37. The third-order valence-electron chi connectivity index (χ3n) is 3.84. The van der Waals surface area contributed by atoms with Crippen molar-refractivity contribution in [2.75, 3.05) is 12.3 Å². The molecule has 0 unspecified atom stereocenters. The Balaban J connectivity index is 1.90. The highest BCUT2D eigenvalue weighted by Gasteiger charge is 2.34. The molecule has 0 spiro atoms. The highest BCUT2D eigenvalue weighted by molar-refractivity contribution is 8.00. The third kappa shape index (κ3) is 3.04. The highest BCUT2D eigenvalue weighted by atomic mass is 32.2. The lowest BCUT2D eigenvalue weighted by atomic mass is 10.0. The van der Waals surface area contributed by atoms with Crippen molar-refractivity contribution in [2.24, 2.45) is 5.73 Å². The van der Waals surface area contributed by atoms with Crippen LogP contribution in [0, 0.1) is 0 Å². The van der Waals surface area contributed by atoms with Gasteiger partial charge in [-0.05, 0) is 5.56 Å². The van der Waals surface area contributed by atoms with Crippen molar-refractivity contribution in [3.63, 3.8) is 0 Å². The number of amides is 1. The minimum Gasteiger partial charge on any atom is -0.328 e. The van der Waals surface area contributed by atoms with Crippen LogP contribution in [0.5, 0.6) is 0 Å². The molecule has 6 heteroatoms. The van der Waals surface area contributed by atoms with Crippen LogP contribution in [0.15, 0.2) is 35.7 Å². The molecule has 22 heavy (non-hydrogen) atoms. The summed E-state index contributed by atoms with van der Waals surface area (Å²) in [6.45, 7) is 3.32. The van der Waals surface area contributed by atoms with Crippen molar-refractivity contribution in [1.82, 2.24) is 9.88 Å². The molecular weight excluding hydrogens is 314 g/mol. The summed E-state index contributed by atoms with van der Waals surface area (Å²) in [5.74, 6) is 0.973. The Morgan fingerprint density at radius 3 is 2.86 bits per heavy atom. The summed E-state index contributed by atoms with van der Waals surface area (Å²) in [5, 5.41) is 2.99. The molecule has 2 aromatic rings. The number of nitrogens with zero attached hydrogens (tertiary/aromatic N) is 2. The number of aromatic nitrogens is 1. The molecule has 2 heterocycles. The van der Waals surface area contributed by atoms with Gasteiger partial charge in [0.1, 0.15) is 10.7 Å². The van der Waals surface area contributed by atoms with Crippen molar-refractivity contribution in [3.05, 3.63) is 52.0 Å². The number of carbonyl (C=O) groups is 1. The number of hydrogen-bond donors (Lipinski definition) is 1. The second kappa shape index (κ2) is 6.81. The number of benzene rings is 1. The third-order valence-corrected chi connectivity index (χ3v) is 5.91. The fraction of sp³-hybridized carbons (Fsp3) is 0.375. The molecule has 2 atom stereocenters. The normalized spacial score (nSPS) is 21.8. The van der Waals surface area contributed by atoms with Gasteiger partial charge in [0.2, 0.25) is 0 Å². The van der Waals surface area contributed by atoms with E-state index in [0.29, 0.717) is 17.5 Å². The van der Waals surface area contributed by atoms with E-state index in [4.69, 9.17) is 5.73 Å². The van der Waals surface area contributed by atoms with E-state index in [0.717, 1.165) is 17.3 Å². The van der Waals surface area contributed by atoms with Crippen LogP contribution in [0.3, 0.4) is 0 Å². The summed E-state index contributed by atoms with van der Waals surface area (Å²) in [4.78, 5) is 19.2. The SMILES string of the molecule is C[C@H]1SCCN(C(=O)c2csc(CN)n2)[C@H]1c1ccccc1. The number of rotatable bonds is 3. The second-order valence-electron chi connectivity index (χ2n) is 5.26. The van der Waals surface area contributed by atoms with Crippen LogP contribution in [-0.2, 0) is 6.54 Å². The molecule has 116 valence electrons. The molecule has 3 rings (SSSR count). The van der Waals surface area contributed by atoms with Gasteiger partial charge >= 0.3 is 0 Å². The average Bonchev–Trinajstić information content (AvgIpc) is 3.04. The van der Waals surface area contributed by atoms with E-state index < -0.39 is 0 Å². The maximum atomic E-state index is 12.9. The topological polar surface area (TPSA) is 59.2 Å². The Labute approximate surface area is 138 Å². The zero-order chi connectivity index (χ0) is 15.5. The first-order valence-corrected chi connectivity index (χ1v) is 9.25. The van der Waals surface area contributed by atoms with E-state index in [1.807, 2.05) is 40.2 Å². The molecule has 0 bridgehead atoms. The number of thioether (sulfide) groups is 1. The van der Waals surface area contributed by atoms with Crippen molar-refractivity contribution >= 4 is 29.0 Å². The maximum absolute atomic E-state index is 12.9. The standard InChI is InChI=1S/C16H19N3OS2/c1-11-15(12-5-3-2-4-6-12)19(7-8-21-11)16(20)13-10-22-14(9-17)18-13/h2-6,10-11,15H,7-9,17H2,1H3/t11-,15-/m1/s1. The lowest BCUT2D eigenvalue weighted by molar-refractivity contribution is 0.0675. The Hall–Kier alpha value is -1.37. The molecule has 1 saturated heterocycles. The molecule has 1 aromatic heterocycles. The molecule has 1 amide bonds. The molecule has 0 saturated carbocycles. The van der Waals surface area contributed by atoms with Gasteiger partial charge in [0.25, 0.3) is 5.91 Å². The monoisotopic (exact) mass is 333 g/mol. The van der Waals surface area contributed by atoms with Gasteiger partial charge in [-0.2, -0.15) is 11.8 Å². The van der Waals surface area contributed by atoms with E-state index in [-0.39, 0.29) is 11.9 Å². The van der Waals surface area contributed by atoms with Crippen LogP contribution in [0.4, 0.5) is 0 Å². The average molecular weight is 333 g/mol. The van der Waals surface area contributed by atoms with Crippen molar-refractivity contribution in [2.45, 2.75) is 24.8 Å². The van der Waals surface area contributed by atoms with E-state index >= 15 is 0 Å². The molecule has 1 aliphatic heterocycles. The number of nitrogens with two attached hydrogens (primary N) is 1. The minimum atomic E-state index is 0.0111. The summed E-state index contributed by atoms with van der Waals surface area (Å²) in [7, 11) is 0. The van der Waals surface area contributed by atoms with Crippen molar-refractivity contribution < 1.29 is 4.79 Å². The fourth-order valence-electron chi connectivity index (χ4n) is 2.80. The number of hydrogen-bond acceptors (Lipinski definition) is 5. The molecule has 1 aromatic carbocycles. The molecule has 1 aliphatic rings. The minimum absolute atomic E-state index is 0.0111. The van der Waals surface area contributed by atoms with Crippen LogP contribution in [0.1, 0.15) is 34.0 Å². The summed E-state index contributed by atoms with van der Waals surface area (Å²) in [6, 6.07) is 10.3. The quantitative estimate of drug-likeness (QED) is 0.938. The molecule has 2 N–H and O–H groups in total. The molecular formula is C16H19N3OS2. The first-order chi connectivity index (χ1) is 10.7. The van der Waals surface area contributed by atoms with Crippen molar-refractivity contribution in [1.29, 1.82) is 0 Å². The predicted molar refractivity (Wildman–Crippen MR) is 92.1 cm³/mol. The molecule has 4 nitrogen and oxygen atoms in total.